The van der Waals surface area contributed by atoms with Crippen molar-refractivity contribution in [2.45, 2.75) is 63.5 Å². The number of hydrogen-bond acceptors (Lipinski definition) is 5. The van der Waals surface area contributed by atoms with E-state index in [-0.39, 0.29) is 30.8 Å². The molecular weight excluding hydrogens is 420 g/mol. The molecule has 3 heterocycles. The first-order chi connectivity index (χ1) is 16.1. The molecule has 8 nitrogen and oxygen atoms in total. The standard InChI is InChI=1S/C25H36N4O4/c1-33-22-10-3-2-7-18(22)13-16-29-24(31)20(27-25(29)32)11-12-23(30)26-17-19-8-6-15-28-14-5-4-9-21(19)28/h2-3,7,10,19-21H,4-6,8-9,11-17H2,1H3,(H,26,30)(H,27,32)/t19-,20?,21+/m0/s1. The maximum absolute atomic E-state index is 12.7. The van der Waals surface area contributed by atoms with Crippen LogP contribution < -0.4 is 15.4 Å². The van der Waals surface area contributed by atoms with E-state index in [0.717, 1.165) is 11.3 Å². The first-order valence-corrected chi connectivity index (χ1v) is 12.3. The number of para-hydroxylation sites is 1. The third kappa shape index (κ3) is 5.66. The molecule has 0 radical (unpaired) electrons. The Kier molecular flexibility index (Phi) is 7.85. The zero-order valence-electron chi connectivity index (χ0n) is 19.6. The van der Waals surface area contributed by atoms with Gasteiger partial charge in [-0.15, -0.1) is 0 Å². The summed E-state index contributed by atoms with van der Waals surface area (Å²) in [4.78, 5) is 41.4. The van der Waals surface area contributed by atoms with Crippen LogP contribution in [0.3, 0.4) is 0 Å². The molecular formula is C25H36N4O4. The van der Waals surface area contributed by atoms with Crippen molar-refractivity contribution in [1.29, 1.82) is 0 Å². The van der Waals surface area contributed by atoms with Crippen molar-refractivity contribution in [2.75, 3.05) is 33.3 Å². The Bertz CT molecular complexity index is 859. The number of urea groups is 1. The van der Waals surface area contributed by atoms with Crippen LogP contribution >= 0.6 is 0 Å². The zero-order chi connectivity index (χ0) is 23.2. The summed E-state index contributed by atoms with van der Waals surface area (Å²) in [6.07, 6.45) is 7.24. The summed E-state index contributed by atoms with van der Waals surface area (Å²) in [6, 6.07) is 7.16. The van der Waals surface area contributed by atoms with Gasteiger partial charge in [-0.1, -0.05) is 24.6 Å². The maximum atomic E-state index is 12.7. The highest BCUT2D eigenvalue weighted by atomic mass is 16.5. The first kappa shape index (κ1) is 23.5. The fourth-order valence-corrected chi connectivity index (χ4v) is 5.55. The van der Waals surface area contributed by atoms with E-state index in [2.05, 4.69) is 15.5 Å². The van der Waals surface area contributed by atoms with Crippen molar-refractivity contribution in [3.05, 3.63) is 29.8 Å². The van der Waals surface area contributed by atoms with E-state index in [0.29, 0.717) is 31.3 Å². The van der Waals surface area contributed by atoms with Crippen molar-refractivity contribution in [3.63, 3.8) is 0 Å². The monoisotopic (exact) mass is 456 g/mol. The number of imide groups is 1. The van der Waals surface area contributed by atoms with Crippen LogP contribution in [-0.2, 0) is 16.0 Å². The Hall–Kier alpha value is -2.61. The van der Waals surface area contributed by atoms with E-state index in [9.17, 15) is 14.4 Å². The summed E-state index contributed by atoms with van der Waals surface area (Å²) in [5, 5.41) is 5.83. The molecule has 1 unspecified atom stereocenters. The summed E-state index contributed by atoms with van der Waals surface area (Å²) in [5.74, 6) is 0.957. The molecule has 33 heavy (non-hydrogen) atoms. The highest BCUT2D eigenvalue weighted by Gasteiger charge is 2.38. The molecule has 4 rings (SSSR count). The van der Waals surface area contributed by atoms with Gasteiger partial charge in [0.2, 0.25) is 5.91 Å². The summed E-state index contributed by atoms with van der Waals surface area (Å²) in [7, 11) is 1.60. The van der Waals surface area contributed by atoms with Gasteiger partial charge >= 0.3 is 6.03 Å². The average molecular weight is 457 g/mol. The second kappa shape index (κ2) is 11.0. The number of ether oxygens (including phenoxy) is 1. The van der Waals surface area contributed by atoms with E-state index in [1.807, 2.05) is 24.3 Å². The van der Waals surface area contributed by atoms with Crippen LogP contribution in [-0.4, -0.2) is 73.0 Å². The van der Waals surface area contributed by atoms with Gasteiger partial charge in [-0.2, -0.15) is 0 Å². The van der Waals surface area contributed by atoms with Crippen LogP contribution in [0.1, 0.15) is 50.5 Å². The Morgan fingerprint density at radius 3 is 2.82 bits per heavy atom. The van der Waals surface area contributed by atoms with Gasteiger partial charge in [-0.05, 0) is 69.2 Å². The number of rotatable bonds is 9. The molecule has 3 fully saturated rings. The molecule has 3 aliphatic rings. The first-order valence-electron chi connectivity index (χ1n) is 12.3. The average Bonchev–Trinajstić information content (AvgIpc) is 3.12. The summed E-state index contributed by atoms with van der Waals surface area (Å²) in [5.41, 5.74) is 0.947. The minimum atomic E-state index is -0.635. The molecule has 1 aromatic rings. The minimum Gasteiger partial charge on any atom is -0.496 e. The van der Waals surface area contributed by atoms with E-state index in [1.165, 1.54) is 50.1 Å². The molecule has 180 valence electrons. The van der Waals surface area contributed by atoms with E-state index >= 15 is 0 Å². The molecule has 8 heteroatoms. The van der Waals surface area contributed by atoms with Crippen molar-refractivity contribution >= 4 is 17.8 Å². The van der Waals surface area contributed by atoms with Crippen molar-refractivity contribution in [1.82, 2.24) is 20.4 Å². The fraction of sp³-hybridized carbons (Fsp3) is 0.640. The van der Waals surface area contributed by atoms with Crippen molar-refractivity contribution in [2.24, 2.45) is 5.92 Å². The normalized spacial score (nSPS) is 25.5. The highest BCUT2D eigenvalue weighted by Crippen LogP contribution is 2.30. The lowest BCUT2D eigenvalue weighted by atomic mass is 9.83. The second-order valence-electron chi connectivity index (χ2n) is 9.40. The quantitative estimate of drug-likeness (QED) is 0.557. The molecule has 4 amide bonds. The third-order valence-electron chi connectivity index (χ3n) is 7.35. The lowest BCUT2D eigenvalue weighted by molar-refractivity contribution is -0.127. The molecule has 3 atom stereocenters. The molecule has 3 saturated heterocycles. The molecule has 0 bridgehead atoms. The van der Waals surface area contributed by atoms with Crippen LogP contribution in [0.4, 0.5) is 4.79 Å². The second-order valence-corrected chi connectivity index (χ2v) is 9.40. The summed E-state index contributed by atoms with van der Waals surface area (Å²) in [6.45, 7) is 3.36. The van der Waals surface area contributed by atoms with Gasteiger partial charge in [-0.3, -0.25) is 14.5 Å². The molecule has 0 saturated carbocycles. The lowest BCUT2D eigenvalue weighted by Crippen LogP contribution is -2.51. The molecule has 2 N–H and O–H groups in total. The van der Waals surface area contributed by atoms with Gasteiger partial charge in [0.1, 0.15) is 11.8 Å². The number of amides is 4. The number of hydrogen-bond donors (Lipinski definition) is 2. The van der Waals surface area contributed by atoms with Crippen LogP contribution in [0.5, 0.6) is 5.75 Å². The van der Waals surface area contributed by atoms with Crippen LogP contribution in [0, 0.1) is 5.92 Å². The van der Waals surface area contributed by atoms with Gasteiger partial charge in [0.15, 0.2) is 0 Å². The third-order valence-corrected chi connectivity index (χ3v) is 7.35. The van der Waals surface area contributed by atoms with Gasteiger partial charge in [-0.25, -0.2) is 4.79 Å². The zero-order valence-corrected chi connectivity index (χ0v) is 19.6. The molecule has 3 aliphatic heterocycles. The largest absolute Gasteiger partial charge is 0.496 e. The molecule has 1 aromatic carbocycles. The maximum Gasteiger partial charge on any atom is 0.324 e. The Balaban J connectivity index is 1.21. The van der Waals surface area contributed by atoms with Crippen molar-refractivity contribution in [3.8, 4) is 5.75 Å². The van der Waals surface area contributed by atoms with E-state index in [1.54, 1.807) is 7.11 Å². The Labute approximate surface area is 196 Å². The van der Waals surface area contributed by atoms with Gasteiger partial charge in [0, 0.05) is 25.6 Å². The number of carbonyl (C=O) groups is 3. The Morgan fingerprint density at radius 1 is 1.15 bits per heavy atom. The summed E-state index contributed by atoms with van der Waals surface area (Å²) >= 11 is 0. The molecule has 0 spiro atoms. The number of methoxy groups -OCH3 is 1. The van der Waals surface area contributed by atoms with Gasteiger partial charge in [0.05, 0.1) is 7.11 Å². The van der Waals surface area contributed by atoms with Crippen LogP contribution in [0.2, 0.25) is 0 Å². The fourth-order valence-electron chi connectivity index (χ4n) is 5.55. The van der Waals surface area contributed by atoms with Crippen LogP contribution in [0.15, 0.2) is 24.3 Å². The van der Waals surface area contributed by atoms with Gasteiger partial charge < -0.3 is 20.3 Å². The summed E-state index contributed by atoms with van der Waals surface area (Å²) < 4.78 is 5.35. The molecule has 0 aromatic heterocycles. The highest BCUT2D eigenvalue weighted by molar-refractivity contribution is 6.04. The lowest BCUT2D eigenvalue weighted by Gasteiger charge is -2.44. The number of nitrogens with one attached hydrogen (secondary N) is 2. The number of nitrogens with zero attached hydrogens (tertiary/aromatic N) is 2. The van der Waals surface area contributed by atoms with E-state index in [4.69, 9.17) is 4.74 Å². The van der Waals surface area contributed by atoms with Gasteiger partial charge in [0.25, 0.3) is 5.91 Å². The smallest absolute Gasteiger partial charge is 0.324 e. The number of benzene rings is 1. The minimum absolute atomic E-state index is 0.0440. The number of carbonyl (C=O) groups excluding carboxylic acids is 3. The topological polar surface area (TPSA) is 91.0 Å². The Morgan fingerprint density at radius 2 is 1.97 bits per heavy atom. The van der Waals surface area contributed by atoms with E-state index < -0.39 is 6.04 Å². The predicted molar refractivity (Wildman–Crippen MR) is 125 cm³/mol. The number of piperidine rings is 2. The molecule has 0 aliphatic carbocycles. The van der Waals surface area contributed by atoms with Crippen molar-refractivity contribution < 1.29 is 19.1 Å². The SMILES string of the molecule is COc1ccccc1CCN1C(=O)NC(CCC(=O)NC[C@@H]2CCCN3CCCC[C@H]23)C1=O. The predicted octanol–water partition coefficient (Wildman–Crippen LogP) is 2.32. The number of fused-ring (bicyclic) bond motifs is 1. The van der Waals surface area contributed by atoms with Crippen LogP contribution in [0.25, 0.3) is 0 Å².